The number of benzene rings is 1. The number of hydrogen-bond acceptors (Lipinski definition) is 5. The van der Waals surface area contributed by atoms with Crippen LogP contribution in [0.4, 0.5) is 0 Å². The van der Waals surface area contributed by atoms with Gasteiger partial charge in [0.15, 0.2) is 5.65 Å². The zero-order valence-electron chi connectivity index (χ0n) is 17.0. The molecule has 1 atom stereocenters. The van der Waals surface area contributed by atoms with Crippen molar-refractivity contribution < 1.29 is 14.3 Å². The van der Waals surface area contributed by atoms with E-state index in [9.17, 15) is 9.59 Å². The third-order valence-corrected chi connectivity index (χ3v) is 4.50. The van der Waals surface area contributed by atoms with E-state index in [1.807, 2.05) is 31.2 Å². The van der Waals surface area contributed by atoms with E-state index < -0.39 is 5.91 Å². The van der Waals surface area contributed by atoms with Gasteiger partial charge in [0.05, 0.1) is 12.2 Å². The molecule has 1 aromatic carbocycles. The Morgan fingerprint density at radius 2 is 1.90 bits per heavy atom. The largest absolute Gasteiger partial charge is 0.491 e. The number of nitrogens with zero attached hydrogens (tertiary/aromatic N) is 3. The maximum absolute atomic E-state index is 12.6. The average Bonchev–Trinajstić information content (AvgIpc) is 3.10. The molecule has 3 aromatic rings. The number of fused-ring (bicyclic) bond motifs is 1. The first-order valence-corrected chi connectivity index (χ1v) is 9.33. The number of carbonyl (C=O) groups excluding carboxylic acids is 2. The second-order valence-corrected chi connectivity index (χ2v) is 7.95. The fraction of sp³-hybridized carbons (Fsp3) is 0.333. The molecule has 2 aromatic heterocycles. The standard InChI is InChI=1S/C21H25N5O3/c1-13(12-29-15-7-5-14(6-8-15)21(2,3)4)25-20(28)17-9-10-23-19-16(18(22)27)11-24-26(17)19/h5-11,13H,12H2,1-4H3,(H2,22,27)(H,25,28)/t13-/m0/s1. The molecule has 0 saturated carbocycles. The first kappa shape index (κ1) is 20.3. The number of primary amides is 1. The van der Waals surface area contributed by atoms with Crippen molar-refractivity contribution in [2.75, 3.05) is 6.61 Å². The average molecular weight is 395 g/mol. The molecule has 8 nitrogen and oxygen atoms in total. The van der Waals surface area contributed by atoms with Gasteiger partial charge in [-0.3, -0.25) is 9.59 Å². The molecule has 0 aliphatic carbocycles. The van der Waals surface area contributed by atoms with E-state index in [0.29, 0.717) is 6.61 Å². The van der Waals surface area contributed by atoms with Crippen LogP contribution >= 0.6 is 0 Å². The van der Waals surface area contributed by atoms with E-state index >= 15 is 0 Å². The number of amides is 2. The number of ether oxygens (including phenoxy) is 1. The van der Waals surface area contributed by atoms with Gasteiger partial charge in [-0.05, 0) is 36.1 Å². The van der Waals surface area contributed by atoms with Gasteiger partial charge in [0.1, 0.15) is 23.6 Å². The predicted molar refractivity (Wildman–Crippen MR) is 109 cm³/mol. The van der Waals surface area contributed by atoms with Crippen LogP contribution in [-0.4, -0.2) is 39.1 Å². The van der Waals surface area contributed by atoms with Gasteiger partial charge in [0, 0.05) is 6.20 Å². The Morgan fingerprint density at radius 1 is 1.21 bits per heavy atom. The number of hydrogen-bond donors (Lipinski definition) is 2. The lowest BCUT2D eigenvalue weighted by atomic mass is 9.87. The Hall–Kier alpha value is -3.42. The van der Waals surface area contributed by atoms with E-state index in [4.69, 9.17) is 10.5 Å². The molecular weight excluding hydrogens is 370 g/mol. The van der Waals surface area contributed by atoms with Crippen molar-refractivity contribution >= 4 is 17.5 Å². The van der Waals surface area contributed by atoms with Gasteiger partial charge < -0.3 is 15.8 Å². The zero-order valence-corrected chi connectivity index (χ0v) is 17.0. The molecule has 0 bridgehead atoms. The summed E-state index contributed by atoms with van der Waals surface area (Å²) in [4.78, 5) is 28.2. The second-order valence-electron chi connectivity index (χ2n) is 7.95. The number of nitrogens with two attached hydrogens (primary N) is 1. The van der Waals surface area contributed by atoms with Crippen LogP contribution in [0.15, 0.2) is 42.7 Å². The summed E-state index contributed by atoms with van der Waals surface area (Å²) in [6.45, 7) is 8.62. The van der Waals surface area contributed by atoms with Gasteiger partial charge in [-0.1, -0.05) is 32.9 Å². The Labute approximate surface area is 169 Å². The highest BCUT2D eigenvalue weighted by molar-refractivity contribution is 5.99. The molecule has 2 heterocycles. The van der Waals surface area contributed by atoms with Crippen molar-refractivity contribution in [1.82, 2.24) is 19.9 Å². The van der Waals surface area contributed by atoms with Crippen molar-refractivity contribution in [1.29, 1.82) is 0 Å². The molecule has 29 heavy (non-hydrogen) atoms. The molecule has 3 N–H and O–H groups in total. The molecule has 8 heteroatoms. The van der Waals surface area contributed by atoms with Crippen LogP contribution in [0.3, 0.4) is 0 Å². The summed E-state index contributed by atoms with van der Waals surface area (Å²) in [5, 5.41) is 6.91. The second kappa shape index (κ2) is 7.90. The van der Waals surface area contributed by atoms with Crippen molar-refractivity contribution in [2.45, 2.75) is 39.2 Å². The Bertz CT molecular complexity index is 1030. The Morgan fingerprint density at radius 3 is 2.52 bits per heavy atom. The van der Waals surface area contributed by atoms with Crippen LogP contribution in [0, 0.1) is 0 Å². The van der Waals surface area contributed by atoms with Gasteiger partial charge in [-0.25, -0.2) is 9.50 Å². The fourth-order valence-corrected chi connectivity index (χ4v) is 2.85. The molecular formula is C21H25N5O3. The molecule has 0 saturated heterocycles. The summed E-state index contributed by atoms with van der Waals surface area (Å²) in [6.07, 6.45) is 2.74. The first-order chi connectivity index (χ1) is 13.7. The number of nitrogens with one attached hydrogen (secondary N) is 1. The van der Waals surface area contributed by atoms with Gasteiger partial charge >= 0.3 is 0 Å². The summed E-state index contributed by atoms with van der Waals surface area (Å²) in [5.41, 5.74) is 7.27. The molecule has 2 amide bonds. The van der Waals surface area contributed by atoms with E-state index in [2.05, 4.69) is 36.2 Å². The predicted octanol–water partition coefficient (Wildman–Crippen LogP) is 2.32. The maximum atomic E-state index is 12.6. The van der Waals surface area contributed by atoms with Crippen molar-refractivity contribution in [3.8, 4) is 5.75 Å². The van der Waals surface area contributed by atoms with Gasteiger partial charge in [-0.15, -0.1) is 0 Å². The zero-order chi connectivity index (χ0) is 21.2. The Balaban J connectivity index is 1.64. The quantitative estimate of drug-likeness (QED) is 0.665. The Kier molecular flexibility index (Phi) is 5.54. The van der Waals surface area contributed by atoms with Crippen molar-refractivity contribution in [3.05, 3.63) is 59.5 Å². The minimum absolute atomic E-state index is 0.0799. The number of rotatable bonds is 6. The molecule has 0 aliphatic heterocycles. The molecule has 0 radical (unpaired) electrons. The van der Waals surface area contributed by atoms with Crippen molar-refractivity contribution in [2.24, 2.45) is 5.73 Å². The van der Waals surface area contributed by atoms with Crippen LogP contribution in [0.2, 0.25) is 0 Å². The summed E-state index contributed by atoms with van der Waals surface area (Å²) >= 11 is 0. The minimum Gasteiger partial charge on any atom is -0.491 e. The fourth-order valence-electron chi connectivity index (χ4n) is 2.85. The topological polar surface area (TPSA) is 112 Å². The van der Waals surface area contributed by atoms with Crippen molar-refractivity contribution in [3.63, 3.8) is 0 Å². The molecule has 0 fully saturated rings. The lowest BCUT2D eigenvalue weighted by Gasteiger charge is -2.20. The van der Waals surface area contributed by atoms with E-state index in [1.165, 1.54) is 28.5 Å². The van der Waals surface area contributed by atoms with Gasteiger partial charge in [-0.2, -0.15) is 5.10 Å². The SMILES string of the molecule is C[C@@H](COc1ccc(C(C)(C)C)cc1)NC(=O)c1ccnc2c(C(N)=O)cnn12. The van der Waals surface area contributed by atoms with E-state index in [0.717, 1.165) is 5.75 Å². The molecule has 3 rings (SSSR count). The molecule has 152 valence electrons. The number of carbonyl (C=O) groups is 2. The third-order valence-electron chi connectivity index (χ3n) is 4.50. The van der Waals surface area contributed by atoms with E-state index in [1.54, 1.807) is 0 Å². The summed E-state index contributed by atoms with van der Waals surface area (Å²) < 4.78 is 7.08. The monoisotopic (exact) mass is 395 g/mol. The smallest absolute Gasteiger partial charge is 0.270 e. The summed E-state index contributed by atoms with van der Waals surface area (Å²) in [7, 11) is 0. The lowest BCUT2D eigenvalue weighted by molar-refractivity contribution is 0.0917. The van der Waals surface area contributed by atoms with Crippen LogP contribution in [0.1, 0.15) is 54.1 Å². The third kappa shape index (κ3) is 4.53. The number of aromatic nitrogens is 3. The van der Waals surface area contributed by atoms with Gasteiger partial charge in [0.25, 0.3) is 11.8 Å². The van der Waals surface area contributed by atoms with Crippen LogP contribution < -0.4 is 15.8 Å². The van der Waals surface area contributed by atoms with Crippen LogP contribution in [-0.2, 0) is 5.41 Å². The maximum Gasteiger partial charge on any atom is 0.270 e. The van der Waals surface area contributed by atoms with E-state index in [-0.39, 0.29) is 34.3 Å². The van der Waals surface area contributed by atoms with Crippen LogP contribution in [0.5, 0.6) is 5.75 Å². The summed E-state index contributed by atoms with van der Waals surface area (Å²) in [5.74, 6) is -0.261. The highest BCUT2D eigenvalue weighted by Crippen LogP contribution is 2.24. The highest BCUT2D eigenvalue weighted by Gasteiger charge is 2.18. The highest BCUT2D eigenvalue weighted by atomic mass is 16.5. The summed E-state index contributed by atoms with van der Waals surface area (Å²) in [6, 6.07) is 9.21. The van der Waals surface area contributed by atoms with Gasteiger partial charge in [0.2, 0.25) is 0 Å². The lowest BCUT2D eigenvalue weighted by Crippen LogP contribution is -2.37. The van der Waals surface area contributed by atoms with Crippen LogP contribution in [0.25, 0.3) is 5.65 Å². The molecule has 0 aliphatic rings. The molecule has 0 unspecified atom stereocenters. The first-order valence-electron chi connectivity index (χ1n) is 9.33. The molecule has 0 spiro atoms. The minimum atomic E-state index is -0.649. The normalized spacial score (nSPS) is 12.6.